The number of benzene rings is 2. The Hall–Kier alpha value is -3.00. The molecule has 0 saturated carbocycles. The van der Waals surface area contributed by atoms with E-state index in [4.69, 9.17) is 0 Å². The first-order valence-corrected chi connectivity index (χ1v) is 11.2. The average molecular weight is 428 g/mol. The van der Waals surface area contributed by atoms with Gasteiger partial charge < -0.3 is 9.80 Å². The minimum atomic E-state index is -3.77. The van der Waals surface area contributed by atoms with Crippen molar-refractivity contribution < 1.29 is 17.6 Å². The Morgan fingerprint density at radius 2 is 1.77 bits per heavy atom. The number of hydrogen-bond donors (Lipinski definition) is 0. The molecule has 0 aromatic heterocycles. The van der Waals surface area contributed by atoms with Crippen LogP contribution in [0.25, 0.3) is 4.91 Å². The molecule has 30 heavy (non-hydrogen) atoms. The van der Waals surface area contributed by atoms with Gasteiger partial charge in [0.1, 0.15) is 16.6 Å². The zero-order chi connectivity index (χ0) is 21.3. The van der Waals surface area contributed by atoms with Crippen LogP contribution in [0.1, 0.15) is 29.3 Å². The van der Waals surface area contributed by atoms with Crippen LogP contribution in [0.3, 0.4) is 0 Å². The van der Waals surface area contributed by atoms with Crippen molar-refractivity contribution in [1.82, 2.24) is 9.80 Å². The van der Waals surface area contributed by atoms with E-state index in [1.165, 1.54) is 18.2 Å². The standard InChI is InChI=1S/C22H22FN3O3S/c1-16-20(17-7-3-2-4-8-17)30(28,29)24-21(16)25-11-6-12-26(14-13-25)22(27)18-9-5-10-19(23)15-18/h2-5,7-10,15H,6,11-14H2,1H3. The van der Waals surface area contributed by atoms with E-state index in [0.717, 1.165) is 0 Å². The zero-order valence-electron chi connectivity index (χ0n) is 16.6. The number of carbonyl (C=O) groups excluding carboxylic acids is 1. The maximum Gasteiger partial charge on any atom is 0.285 e. The number of halogens is 1. The van der Waals surface area contributed by atoms with Crippen molar-refractivity contribution in [2.75, 3.05) is 26.2 Å². The highest BCUT2D eigenvalue weighted by Crippen LogP contribution is 2.33. The first kappa shape index (κ1) is 20.3. The van der Waals surface area contributed by atoms with Crippen LogP contribution in [-0.2, 0) is 10.0 Å². The summed E-state index contributed by atoms with van der Waals surface area (Å²) in [6, 6.07) is 14.6. The van der Waals surface area contributed by atoms with Crippen LogP contribution in [0.4, 0.5) is 4.39 Å². The number of carbonyl (C=O) groups is 1. The Labute approximate surface area is 175 Å². The smallest absolute Gasteiger partial charge is 0.285 e. The van der Waals surface area contributed by atoms with Crippen LogP contribution < -0.4 is 0 Å². The first-order valence-electron chi connectivity index (χ1n) is 9.78. The molecule has 0 unspecified atom stereocenters. The maximum atomic E-state index is 13.5. The Morgan fingerprint density at radius 1 is 1.00 bits per heavy atom. The second kappa shape index (κ2) is 8.02. The summed E-state index contributed by atoms with van der Waals surface area (Å²) in [5, 5.41) is 0. The molecule has 0 spiro atoms. The van der Waals surface area contributed by atoms with Gasteiger partial charge in [-0.15, -0.1) is 4.40 Å². The Balaban J connectivity index is 1.55. The normalized spacial score (nSPS) is 18.9. The Kier molecular flexibility index (Phi) is 5.42. The fourth-order valence-electron chi connectivity index (χ4n) is 3.91. The van der Waals surface area contributed by atoms with Crippen LogP contribution in [0.15, 0.2) is 64.6 Å². The SMILES string of the molecule is CC1=C(c2ccccc2)S(=O)(=O)N=C1N1CCCN(C(=O)c2cccc(F)c2)CC1. The van der Waals surface area contributed by atoms with Gasteiger partial charge in [-0.1, -0.05) is 36.4 Å². The number of rotatable bonds is 2. The average Bonchev–Trinajstić information content (AvgIpc) is 2.88. The lowest BCUT2D eigenvalue weighted by atomic mass is 10.1. The number of sulfonamides is 1. The van der Waals surface area contributed by atoms with Crippen molar-refractivity contribution in [1.29, 1.82) is 0 Å². The van der Waals surface area contributed by atoms with Crippen LogP contribution in [0.5, 0.6) is 0 Å². The largest absolute Gasteiger partial charge is 0.354 e. The molecule has 8 heteroatoms. The molecular formula is C22H22FN3O3S. The highest BCUT2D eigenvalue weighted by molar-refractivity contribution is 8.00. The summed E-state index contributed by atoms with van der Waals surface area (Å²) in [6.07, 6.45) is 0.661. The second-order valence-electron chi connectivity index (χ2n) is 7.35. The van der Waals surface area contributed by atoms with E-state index in [0.29, 0.717) is 55.1 Å². The maximum absolute atomic E-state index is 13.5. The van der Waals surface area contributed by atoms with Gasteiger partial charge >= 0.3 is 0 Å². The van der Waals surface area contributed by atoms with Gasteiger partial charge in [0.15, 0.2) is 0 Å². The predicted molar refractivity (Wildman–Crippen MR) is 114 cm³/mol. The molecule has 0 radical (unpaired) electrons. The van der Waals surface area contributed by atoms with Gasteiger partial charge in [-0.3, -0.25) is 4.79 Å². The minimum absolute atomic E-state index is 0.227. The van der Waals surface area contributed by atoms with E-state index in [2.05, 4.69) is 4.40 Å². The highest BCUT2D eigenvalue weighted by Gasteiger charge is 2.34. The molecule has 4 rings (SSSR count). The first-order chi connectivity index (χ1) is 14.4. The topological polar surface area (TPSA) is 70.1 Å². The van der Waals surface area contributed by atoms with Gasteiger partial charge in [-0.2, -0.15) is 8.42 Å². The van der Waals surface area contributed by atoms with E-state index in [1.54, 1.807) is 42.2 Å². The summed E-state index contributed by atoms with van der Waals surface area (Å²) in [5.74, 6) is -0.236. The Morgan fingerprint density at radius 3 is 2.50 bits per heavy atom. The molecule has 2 aromatic carbocycles. The van der Waals surface area contributed by atoms with E-state index in [-0.39, 0.29) is 10.8 Å². The summed E-state index contributed by atoms with van der Waals surface area (Å²) in [4.78, 5) is 16.6. The molecule has 1 fully saturated rings. The van der Waals surface area contributed by atoms with Crippen LogP contribution >= 0.6 is 0 Å². The van der Waals surface area contributed by atoms with Crippen LogP contribution in [-0.4, -0.2) is 56.1 Å². The summed E-state index contributed by atoms with van der Waals surface area (Å²) >= 11 is 0. The second-order valence-corrected chi connectivity index (χ2v) is 8.89. The molecule has 0 aliphatic carbocycles. The lowest BCUT2D eigenvalue weighted by molar-refractivity contribution is 0.0763. The van der Waals surface area contributed by atoms with Crippen molar-refractivity contribution in [3.8, 4) is 0 Å². The summed E-state index contributed by atoms with van der Waals surface area (Å²) in [7, 11) is -3.77. The quantitative estimate of drug-likeness (QED) is 0.738. The molecule has 1 saturated heterocycles. The monoisotopic (exact) mass is 427 g/mol. The number of hydrogen-bond acceptors (Lipinski definition) is 4. The van der Waals surface area contributed by atoms with E-state index < -0.39 is 15.8 Å². The third kappa shape index (κ3) is 3.87. The van der Waals surface area contributed by atoms with Crippen LogP contribution in [0, 0.1) is 5.82 Å². The van der Waals surface area contributed by atoms with Crippen LogP contribution in [0.2, 0.25) is 0 Å². The van der Waals surface area contributed by atoms with Gasteiger partial charge in [0.25, 0.3) is 15.9 Å². The molecule has 0 N–H and O–H groups in total. The number of amides is 1. The molecule has 2 aliphatic rings. The molecule has 0 atom stereocenters. The molecule has 2 aromatic rings. The lowest BCUT2D eigenvalue weighted by Gasteiger charge is -2.23. The highest BCUT2D eigenvalue weighted by atomic mass is 32.2. The molecule has 156 valence electrons. The zero-order valence-corrected chi connectivity index (χ0v) is 17.4. The number of amidine groups is 1. The molecule has 0 bridgehead atoms. The predicted octanol–water partition coefficient (Wildman–Crippen LogP) is 3.15. The number of nitrogens with zero attached hydrogens (tertiary/aromatic N) is 3. The van der Waals surface area contributed by atoms with Crippen molar-refractivity contribution in [2.45, 2.75) is 13.3 Å². The van der Waals surface area contributed by atoms with Gasteiger partial charge in [-0.05, 0) is 37.1 Å². The van der Waals surface area contributed by atoms with Gasteiger partial charge in [0, 0.05) is 37.3 Å². The summed E-state index contributed by atoms with van der Waals surface area (Å²) in [6.45, 7) is 3.73. The van der Waals surface area contributed by atoms with Gasteiger partial charge in [0.05, 0.1) is 0 Å². The van der Waals surface area contributed by atoms with Crippen molar-refractivity contribution in [2.24, 2.45) is 4.40 Å². The third-order valence-corrected chi connectivity index (χ3v) is 6.80. The van der Waals surface area contributed by atoms with Crippen molar-refractivity contribution in [3.05, 3.63) is 77.1 Å². The van der Waals surface area contributed by atoms with Gasteiger partial charge in [-0.25, -0.2) is 4.39 Å². The fraction of sp³-hybridized carbons (Fsp3) is 0.273. The minimum Gasteiger partial charge on any atom is -0.354 e. The summed E-state index contributed by atoms with van der Waals surface area (Å²) in [5.41, 5.74) is 1.55. The molecule has 1 amide bonds. The molecule has 2 aliphatic heterocycles. The summed E-state index contributed by atoms with van der Waals surface area (Å²) < 4.78 is 43.0. The van der Waals surface area contributed by atoms with Crippen molar-refractivity contribution in [3.63, 3.8) is 0 Å². The Bertz CT molecular complexity index is 1140. The molecule has 2 heterocycles. The fourth-order valence-corrected chi connectivity index (χ4v) is 5.39. The lowest BCUT2D eigenvalue weighted by Crippen LogP contribution is -2.37. The van der Waals surface area contributed by atoms with Gasteiger partial charge in [0.2, 0.25) is 0 Å². The molecule has 6 nitrogen and oxygen atoms in total. The van der Waals surface area contributed by atoms with E-state index >= 15 is 0 Å². The van der Waals surface area contributed by atoms with E-state index in [1.807, 2.05) is 11.0 Å². The van der Waals surface area contributed by atoms with Crippen molar-refractivity contribution >= 4 is 26.7 Å². The van der Waals surface area contributed by atoms with E-state index in [9.17, 15) is 17.6 Å². The molecular weight excluding hydrogens is 405 g/mol. The third-order valence-electron chi connectivity index (χ3n) is 5.33.